The normalized spacial score (nSPS) is 12.6. The Bertz CT molecular complexity index is 543. The minimum Gasteiger partial charge on any atom is -0.310 e. The van der Waals surface area contributed by atoms with Crippen LogP contribution in [0.2, 0.25) is 0 Å². The van der Waals surface area contributed by atoms with Gasteiger partial charge in [0.15, 0.2) is 0 Å². The van der Waals surface area contributed by atoms with Crippen LogP contribution in [-0.2, 0) is 6.54 Å². The van der Waals surface area contributed by atoms with Gasteiger partial charge in [0.05, 0.1) is 6.20 Å². The third-order valence-corrected chi connectivity index (χ3v) is 3.63. The van der Waals surface area contributed by atoms with E-state index in [0.717, 1.165) is 13.1 Å². The molecule has 0 aliphatic rings. The zero-order chi connectivity index (χ0) is 13.8. The zero-order valence-corrected chi connectivity index (χ0v) is 12.3. The van der Waals surface area contributed by atoms with Crippen LogP contribution in [0, 0.1) is 6.92 Å². The molecule has 2 aromatic rings. The van der Waals surface area contributed by atoms with Gasteiger partial charge >= 0.3 is 0 Å². The average Bonchev–Trinajstić information content (AvgIpc) is 2.80. The zero-order valence-electron chi connectivity index (χ0n) is 12.3. The molecule has 0 saturated carbocycles. The minimum atomic E-state index is 0.352. The summed E-state index contributed by atoms with van der Waals surface area (Å²) in [6.45, 7) is 10.5. The number of nitrogens with zero attached hydrogens (tertiary/aromatic N) is 2. The van der Waals surface area contributed by atoms with Gasteiger partial charge in [-0.15, -0.1) is 0 Å². The van der Waals surface area contributed by atoms with E-state index in [1.165, 1.54) is 22.4 Å². The highest BCUT2D eigenvalue weighted by molar-refractivity contribution is 5.69. The van der Waals surface area contributed by atoms with Crippen molar-refractivity contribution < 1.29 is 0 Å². The summed E-state index contributed by atoms with van der Waals surface area (Å²) in [4.78, 5) is 0. The van der Waals surface area contributed by atoms with Crippen molar-refractivity contribution in [1.82, 2.24) is 15.1 Å². The predicted molar refractivity (Wildman–Crippen MR) is 80.2 cm³/mol. The van der Waals surface area contributed by atoms with Crippen LogP contribution in [-0.4, -0.2) is 16.3 Å². The van der Waals surface area contributed by atoms with Crippen molar-refractivity contribution in [2.75, 3.05) is 6.54 Å². The topological polar surface area (TPSA) is 29.9 Å². The maximum absolute atomic E-state index is 4.45. The molecule has 0 aliphatic carbocycles. The quantitative estimate of drug-likeness (QED) is 0.887. The smallest absolute Gasteiger partial charge is 0.0571 e. The van der Waals surface area contributed by atoms with Crippen LogP contribution in [0.3, 0.4) is 0 Å². The average molecular weight is 257 g/mol. The Labute approximate surface area is 115 Å². The van der Waals surface area contributed by atoms with E-state index in [-0.39, 0.29) is 0 Å². The highest BCUT2D eigenvalue weighted by Crippen LogP contribution is 2.30. The van der Waals surface area contributed by atoms with Crippen molar-refractivity contribution in [3.05, 3.63) is 41.7 Å². The summed E-state index contributed by atoms with van der Waals surface area (Å²) in [6, 6.07) is 8.94. The maximum Gasteiger partial charge on any atom is 0.0571 e. The SMILES string of the molecule is CCNC(C)c1ccccc1-c1cnn(CC)c1C. The number of aromatic nitrogens is 2. The third kappa shape index (κ3) is 2.71. The van der Waals surface area contributed by atoms with Crippen LogP contribution in [0.4, 0.5) is 0 Å². The molecule has 0 amide bonds. The second kappa shape index (κ2) is 6.02. The first-order valence-electron chi connectivity index (χ1n) is 7.04. The van der Waals surface area contributed by atoms with E-state index >= 15 is 0 Å². The lowest BCUT2D eigenvalue weighted by Crippen LogP contribution is -2.18. The van der Waals surface area contributed by atoms with Gasteiger partial charge in [0, 0.05) is 23.8 Å². The van der Waals surface area contributed by atoms with Crippen molar-refractivity contribution in [2.24, 2.45) is 0 Å². The lowest BCUT2D eigenvalue weighted by atomic mass is 9.96. The highest BCUT2D eigenvalue weighted by atomic mass is 15.3. The van der Waals surface area contributed by atoms with Gasteiger partial charge in [-0.1, -0.05) is 31.2 Å². The largest absolute Gasteiger partial charge is 0.310 e. The van der Waals surface area contributed by atoms with Gasteiger partial charge in [0.25, 0.3) is 0 Å². The van der Waals surface area contributed by atoms with Crippen molar-refractivity contribution >= 4 is 0 Å². The molecule has 0 bridgehead atoms. The Balaban J connectivity index is 2.47. The van der Waals surface area contributed by atoms with Gasteiger partial charge in [-0.25, -0.2) is 0 Å². The van der Waals surface area contributed by atoms with Crippen molar-refractivity contribution in [3.8, 4) is 11.1 Å². The monoisotopic (exact) mass is 257 g/mol. The first kappa shape index (κ1) is 13.8. The molecule has 1 aromatic heterocycles. The van der Waals surface area contributed by atoms with E-state index in [4.69, 9.17) is 0 Å². The van der Waals surface area contributed by atoms with Crippen LogP contribution in [0.5, 0.6) is 0 Å². The Morgan fingerprint density at radius 2 is 1.95 bits per heavy atom. The molecule has 1 aromatic carbocycles. The van der Waals surface area contributed by atoms with E-state index in [9.17, 15) is 0 Å². The van der Waals surface area contributed by atoms with E-state index < -0.39 is 0 Å². The van der Waals surface area contributed by atoms with Crippen LogP contribution in [0.1, 0.15) is 38.1 Å². The van der Waals surface area contributed by atoms with E-state index in [1.807, 2.05) is 10.9 Å². The Kier molecular flexibility index (Phi) is 4.38. The molecular formula is C16H23N3. The highest BCUT2D eigenvalue weighted by Gasteiger charge is 2.14. The first-order chi connectivity index (χ1) is 9.19. The minimum absolute atomic E-state index is 0.352. The van der Waals surface area contributed by atoms with Gasteiger partial charge in [-0.2, -0.15) is 5.10 Å². The molecule has 3 heteroatoms. The summed E-state index contributed by atoms with van der Waals surface area (Å²) in [5.74, 6) is 0. The van der Waals surface area contributed by atoms with Gasteiger partial charge in [0.2, 0.25) is 0 Å². The fourth-order valence-electron chi connectivity index (χ4n) is 2.57. The molecule has 1 N–H and O–H groups in total. The molecule has 2 rings (SSSR count). The molecule has 1 unspecified atom stereocenters. The molecule has 1 heterocycles. The van der Waals surface area contributed by atoms with Crippen LogP contribution in [0.15, 0.2) is 30.5 Å². The standard InChI is InChI=1S/C16H23N3/c1-5-17-12(3)14-9-7-8-10-15(14)16-11-18-19(6-2)13(16)4/h7-12,17H,5-6H2,1-4H3. The molecule has 0 radical (unpaired) electrons. The summed E-state index contributed by atoms with van der Waals surface area (Å²) in [7, 11) is 0. The fraction of sp³-hybridized carbons (Fsp3) is 0.438. The lowest BCUT2D eigenvalue weighted by Gasteiger charge is -2.17. The number of aryl methyl sites for hydroxylation is 1. The lowest BCUT2D eigenvalue weighted by molar-refractivity contribution is 0.599. The summed E-state index contributed by atoms with van der Waals surface area (Å²) in [5, 5.41) is 7.94. The molecular weight excluding hydrogens is 234 g/mol. The number of hydrogen-bond donors (Lipinski definition) is 1. The summed E-state index contributed by atoms with van der Waals surface area (Å²) in [6.07, 6.45) is 1.98. The van der Waals surface area contributed by atoms with Crippen molar-refractivity contribution in [2.45, 2.75) is 40.3 Å². The Morgan fingerprint density at radius 3 is 2.58 bits per heavy atom. The van der Waals surface area contributed by atoms with Crippen LogP contribution < -0.4 is 5.32 Å². The molecule has 0 spiro atoms. The van der Waals surface area contributed by atoms with E-state index in [2.05, 4.69) is 62.4 Å². The first-order valence-corrected chi connectivity index (χ1v) is 7.04. The number of benzene rings is 1. The van der Waals surface area contributed by atoms with Crippen LogP contribution in [0.25, 0.3) is 11.1 Å². The summed E-state index contributed by atoms with van der Waals surface area (Å²) < 4.78 is 2.05. The van der Waals surface area contributed by atoms with Crippen molar-refractivity contribution in [1.29, 1.82) is 0 Å². The maximum atomic E-state index is 4.45. The number of hydrogen-bond acceptors (Lipinski definition) is 2. The predicted octanol–water partition coefficient (Wildman–Crippen LogP) is 3.55. The Morgan fingerprint density at radius 1 is 1.21 bits per heavy atom. The molecule has 0 aliphatic heterocycles. The van der Waals surface area contributed by atoms with E-state index in [1.54, 1.807) is 0 Å². The Hall–Kier alpha value is -1.61. The van der Waals surface area contributed by atoms with Crippen molar-refractivity contribution in [3.63, 3.8) is 0 Å². The summed E-state index contributed by atoms with van der Waals surface area (Å²) in [5.41, 5.74) is 5.09. The van der Waals surface area contributed by atoms with Gasteiger partial charge < -0.3 is 5.32 Å². The summed E-state index contributed by atoms with van der Waals surface area (Å²) >= 11 is 0. The molecule has 1 atom stereocenters. The second-order valence-corrected chi connectivity index (χ2v) is 4.83. The third-order valence-electron chi connectivity index (χ3n) is 3.63. The van der Waals surface area contributed by atoms with Gasteiger partial charge in [-0.3, -0.25) is 4.68 Å². The number of rotatable bonds is 5. The van der Waals surface area contributed by atoms with Gasteiger partial charge in [0.1, 0.15) is 0 Å². The second-order valence-electron chi connectivity index (χ2n) is 4.83. The van der Waals surface area contributed by atoms with Gasteiger partial charge in [-0.05, 0) is 38.4 Å². The molecule has 0 saturated heterocycles. The molecule has 19 heavy (non-hydrogen) atoms. The molecule has 0 fully saturated rings. The van der Waals surface area contributed by atoms with E-state index in [0.29, 0.717) is 6.04 Å². The fourth-order valence-corrected chi connectivity index (χ4v) is 2.57. The molecule has 102 valence electrons. The molecule has 3 nitrogen and oxygen atoms in total. The van der Waals surface area contributed by atoms with Crippen LogP contribution >= 0.6 is 0 Å². The number of nitrogens with one attached hydrogen (secondary N) is 1.